The van der Waals surface area contributed by atoms with E-state index in [2.05, 4.69) is 24.1 Å². The van der Waals surface area contributed by atoms with Crippen LogP contribution in [-0.2, 0) is 0 Å². The van der Waals surface area contributed by atoms with Gasteiger partial charge >= 0.3 is 0 Å². The second-order valence-electron chi connectivity index (χ2n) is 8.00. The molecule has 0 atom stereocenters. The van der Waals surface area contributed by atoms with E-state index in [1.807, 2.05) is 0 Å². The van der Waals surface area contributed by atoms with Crippen LogP contribution in [0.25, 0.3) is 0 Å². The van der Waals surface area contributed by atoms with Crippen LogP contribution < -0.4 is 5.32 Å². The average Bonchev–Trinajstić information content (AvgIpc) is 2.60. The maximum absolute atomic E-state index is 11.2. The second kappa shape index (κ2) is 7.50. The fourth-order valence-electron chi connectivity index (χ4n) is 4.26. The number of rotatable bonds is 4. The molecule has 1 heterocycles. The SMILES string of the molecule is C[C@H]1CC[C@](C)(N2CCC(Nc3ccc(Cl)cc3[N+](=O)[O-])CC2)CC1. The number of piperidine rings is 1. The summed E-state index contributed by atoms with van der Waals surface area (Å²) in [4.78, 5) is 13.5. The first-order valence-electron chi connectivity index (χ1n) is 9.33. The second-order valence-corrected chi connectivity index (χ2v) is 8.44. The highest BCUT2D eigenvalue weighted by Crippen LogP contribution is 2.38. The lowest BCUT2D eigenvalue weighted by atomic mass is 9.76. The molecule has 1 N–H and O–H groups in total. The van der Waals surface area contributed by atoms with Gasteiger partial charge in [0.25, 0.3) is 5.69 Å². The maximum Gasteiger partial charge on any atom is 0.293 e. The lowest BCUT2D eigenvalue weighted by Gasteiger charge is -2.48. The van der Waals surface area contributed by atoms with Gasteiger partial charge in [-0.15, -0.1) is 0 Å². The minimum atomic E-state index is -0.367. The van der Waals surface area contributed by atoms with Gasteiger partial charge in [-0.25, -0.2) is 0 Å². The normalized spacial score (nSPS) is 28.7. The molecule has 1 aliphatic carbocycles. The minimum Gasteiger partial charge on any atom is -0.377 e. The Labute approximate surface area is 154 Å². The summed E-state index contributed by atoms with van der Waals surface area (Å²) in [5.41, 5.74) is 0.970. The Bertz CT molecular complexity index is 621. The Morgan fingerprint density at radius 2 is 1.88 bits per heavy atom. The molecule has 1 aromatic rings. The Morgan fingerprint density at radius 1 is 1.24 bits per heavy atom. The van der Waals surface area contributed by atoms with E-state index in [1.165, 1.54) is 31.7 Å². The number of hydrogen-bond donors (Lipinski definition) is 1. The molecule has 2 aliphatic rings. The molecule has 1 saturated heterocycles. The van der Waals surface area contributed by atoms with Gasteiger partial charge in [-0.3, -0.25) is 15.0 Å². The third kappa shape index (κ3) is 4.26. The molecule has 0 aromatic heterocycles. The number of hydrogen-bond acceptors (Lipinski definition) is 4. The summed E-state index contributed by atoms with van der Waals surface area (Å²) in [5.74, 6) is 0.859. The molecule has 3 rings (SSSR count). The number of halogens is 1. The smallest absolute Gasteiger partial charge is 0.293 e. The molecule has 0 amide bonds. The van der Waals surface area contributed by atoms with Gasteiger partial charge in [0.2, 0.25) is 0 Å². The molecule has 1 aliphatic heterocycles. The highest BCUT2D eigenvalue weighted by atomic mass is 35.5. The zero-order chi connectivity index (χ0) is 18.0. The summed E-state index contributed by atoms with van der Waals surface area (Å²) >= 11 is 5.90. The fraction of sp³-hybridized carbons (Fsp3) is 0.684. The Morgan fingerprint density at radius 3 is 2.48 bits per heavy atom. The van der Waals surface area contributed by atoms with E-state index in [1.54, 1.807) is 12.1 Å². The third-order valence-electron chi connectivity index (χ3n) is 6.13. The predicted molar refractivity (Wildman–Crippen MR) is 102 cm³/mol. The molecule has 138 valence electrons. The Kier molecular flexibility index (Phi) is 5.54. The lowest BCUT2D eigenvalue weighted by Crippen LogP contribution is -2.53. The van der Waals surface area contributed by atoms with Crippen molar-refractivity contribution in [3.05, 3.63) is 33.3 Å². The molecule has 0 radical (unpaired) electrons. The number of likely N-dealkylation sites (tertiary alicyclic amines) is 1. The molecule has 0 bridgehead atoms. The molecule has 5 nitrogen and oxygen atoms in total. The van der Waals surface area contributed by atoms with Crippen molar-refractivity contribution in [3.63, 3.8) is 0 Å². The van der Waals surface area contributed by atoms with Crippen LogP contribution in [0.5, 0.6) is 0 Å². The number of anilines is 1. The number of nitrogens with zero attached hydrogens (tertiary/aromatic N) is 2. The summed E-state index contributed by atoms with van der Waals surface area (Å²) in [5, 5.41) is 15.0. The first kappa shape index (κ1) is 18.5. The van der Waals surface area contributed by atoms with Crippen molar-refractivity contribution in [1.29, 1.82) is 0 Å². The van der Waals surface area contributed by atoms with Crippen molar-refractivity contribution in [2.24, 2.45) is 5.92 Å². The summed E-state index contributed by atoms with van der Waals surface area (Å²) in [6.45, 7) is 6.89. The standard InChI is InChI=1S/C19H28ClN3O2/c1-14-5-9-19(2,10-6-14)22-11-7-16(8-12-22)21-17-4-3-15(20)13-18(17)23(24)25/h3-4,13-14,16,21H,5-12H2,1-2H3/t14-,19-. The molecule has 1 aromatic carbocycles. The highest BCUT2D eigenvalue weighted by Gasteiger charge is 2.37. The minimum absolute atomic E-state index is 0.0585. The van der Waals surface area contributed by atoms with Crippen molar-refractivity contribution in [1.82, 2.24) is 4.90 Å². The van der Waals surface area contributed by atoms with Crippen molar-refractivity contribution in [2.45, 2.75) is 64.0 Å². The Balaban J connectivity index is 1.59. The monoisotopic (exact) mass is 365 g/mol. The van der Waals surface area contributed by atoms with Crippen molar-refractivity contribution in [2.75, 3.05) is 18.4 Å². The quantitative estimate of drug-likeness (QED) is 0.596. The largest absolute Gasteiger partial charge is 0.377 e. The predicted octanol–water partition coefficient (Wildman–Crippen LogP) is 5.09. The van der Waals surface area contributed by atoms with Gasteiger partial charge in [0, 0.05) is 35.8 Å². The zero-order valence-corrected chi connectivity index (χ0v) is 15.9. The molecular weight excluding hydrogens is 338 g/mol. The van der Waals surface area contributed by atoms with E-state index in [0.29, 0.717) is 16.2 Å². The van der Waals surface area contributed by atoms with Gasteiger partial charge in [0.1, 0.15) is 5.69 Å². The van der Waals surface area contributed by atoms with Gasteiger partial charge in [-0.1, -0.05) is 18.5 Å². The first-order chi connectivity index (χ1) is 11.9. The van der Waals surface area contributed by atoms with Crippen LogP contribution in [-0.4, -0.2) is 34.5 Å². The van der Waals surface area contributed by atoms with Crippen LogP contribution in [0.4, 0.5) is 11.4 Å². The summed E-state index contributed by atoms with van der Waals surface area (Å²) in [6, 6.07) is 5.12. The van der Waals surface area contributed by atoms with Crippen LogP contribution in [0.1, 0.15) is 52.4 Å². The van der Waals surface area contributed by atoms with Crippen LogP contribution >= 0.6 is 11.6 Å². The number of nitro benzene ring substituents is 1. The molecule has 0 spiro atoms. The fourth-order valence-corrected chi connectivity index (χ4v) is 4.43. The summed E-state index contributed by atoms with van der Waals surface area (Å²) in [7, 11) is 0. The molecule has 2 fully saturated rings. The van der Waals surface area contributed by atoms with E-state index in [0.717, 1.165) is 31.8 Å². The van der Waals surface area contributed by atoms with Gasteiger partial charge < -0.3 is 5.32 Å². The molecule has 1 saturated carbocycles. The van der Waals surface area contributed by atoms with Gasteiger partial charge in [-0.05, 0) is 63.5 Å². The van der Waals surface area contributed by atoms with E-state index in [-0.39, 0.29) is 16.7 Å². The zero-order valence-electron chi connectivity index (χ0n) is 15.1. The molecule has 6 heteroatoms. The Hall–Kier alpha value is -1.33. The average molecular weight is 366 g/mol. The van der Waals surface area contributed by atoms with Crippen LogP contribution in [0.15, 0.2) is 18.2 Å². The molecular formula is C19H28ClN3O2. The number of nitrogens with one attached hydrogen (secondary N) is 1. The van der Waals surface area contributed by atoms with Crippen molar-refractivity contribution >= 4 is 23.0 Å². The third-order valence-corrected chi connectivity index (χ3v) is 6.36. The maximum atomic E-state index is 11.2. The molecule has 0 unspecified atom stereocenters. The van der Waals surface area contributed by atoms with E-state index < -0.39 is 0 Å². The van der Waals surface area contributed by atoms with Crippen LogP contribution in [0, 0.1) is 16.0 Å². The topological polar surface area (TPSA) is 58.4 Å². The first-order valence-corrected chi connectivity index (χ1v) is 9.71. The van der Waals surface area contributed by atoms with Crippen LogP contribution in [0.3, 0.4) is 0 Å². The van der Waals surface area contributed by atoms with E-state index >= 15 is 0 Å². The van der Waals surface area contributed by atoms with Gasteiger partial charge in [0.15, 0.2) is 0 Å². The summed E-state index contributed by atoms with van der Waals surface area (Å²) < 4.78 is 0. The van der Waals surface area contributed by atoms with Gasteiger partial charge in [-0.2, -0.15) is 0 Å². The van der Waals surface area contributed by atoms with Crippen LogP contribution in [0.2, 0.25) is 5.02 Å². The van der Waals surface area contributed by atoms with Gasteiger partial charge in [0.05, 0.1) is 4.92 Å². The van der Waals surface area contributed by atoms with E-state index in [9.17, 15) is 10.1 Å². The van der Waals surface area contributed by atoms with Crippen molar-refractivity contribution < 1.29 is 4.92 Å². The highest BCUT2D eigenvalue weighted by molar-refractivity contribution is 6.30. The van der Waals surface area contributed by atoms with Crippen molar-refractivity contribution in [3.8, 4) is 0 Å². The summed E-state index contributed by atoms with van der Waals surface area (Å²) in [6.07, 6.45) is 7.26. The lowest BCUT2D eigenvalue weighted by molar-refractivity contribution is -0.384. The number of nitro groups is 1. The number of benzene rings is 1. The van der Waals surface area contributed by atoms with E-state index in [4.69, 9.17) is 11.6 Å². The molecule has 25 heavy (non-hydrogen) atoms.